The van der Waals surface area contributed by atoms with Gasteiger partial charge in [0.25, 0.3) is 5.91 Å². The molecule has 0 aliphatic rings. The van der Waals surface area contributed by atoms with Crippen molar-refractivity contribution in [3.05, 3.63) is 119 Å². The number of anilines is 2. The van der Waals surface area contributed by atoms with Crippen LogP contribution in [0.2, 0.25) is 5.02 Å². The largest absolute Gasteiger partial charge is 0.360 e. The van der Waals surface area contributed by atoms with Gasteiger partial charge in [0.1, 0.15) is 5.82 Å². The number of nitrogens with one attached hydrogen (secondary N) is 3. The maximum atomic E-state index is 12.9. The van der Waals surface area contributed by atoms with Crippen molar-refractivity contribution >= 4 is 45.7 Å². The van der Waals surface area contributed by atoms with E-state index in [0.29, 0.717) is 46.4 Å². The van der Waals surface area contributed by atoms with Crippen LogP contribution < -0.4 is 10.6 Å². The van der Waals surface area contributed by atoms with Crippen molar-refractivity contribution in [3.63, 3.8) is 0 Å². The molecule has 3 aromatic carbocycles. The number of hydrogen-bond donors (Lipinski definition) is 3. The fraction of sp³-hybridized carbons (Fsp3) is 0.125. The van der Waals surface area contributed by atoms with Crippen molar-refractivity contribution in [1.82, 2.24) is 19.9 Å². The molecule has 0 unspecified atom stereocenters. The highest BCUT2D eigenvalue weighted by molar-refractivity contribution is 6.33. The van der Waals surface area contributed by atoms with E-state index in [1.807, 2.05) is 73.7 Å². The fourth-order valence-electron chi connectivity index (χ4n) is 4.35. The number of aromatic amines is 1. The number of carbonyl (C=O) groups is 2. The molecule has 206 valence electrons. The zero-order valence-electron chi connectivity index (χ0n) is 22.7. The second-order valence-electron chi connectivity index (χ2n) is 9.79. The summed E-state index contributed by atoms with van der Waals surface area (Å²) in [6.07, 6.45) is 7.27. The lowest BCUT2D eigenvalue weighted by atomic mass is 10.1. The Bertz CT molecular complexity index is 1730. The lowest BCUT2D eigenvalue weighted by Gasteiger charge is -2.09. The Morgan fingerprint density at radius 3 is 2.59 bits per heavy atom. The molecular weight excluding hydrogens is 536 g/mol. The molecule has 3 N–H and O–H groups in total. The molecule has 0 spiro atoms. The lowest BCUT2D eigenvalue weighted by Crippen LogP contribution is -2.14. The Balaban J connectivity index is 1.24. The molecule has 8 nitrogen and oxygen atoms in total. The molecule has 5 rings (SSSR count). The Morgan fingerprint density at radius 1 is 0.976 bits per heavy atom. The molecular formula is C32H29ClN6O2. The third kappa shape index (κ3) is 7.05. The van der Waals surface area contributed by atoms with Gasteiger partial charge >= 0.3 is 0 Å². The van der Waals surface area contributed by atoms with Gasteiger partial charge in [-0.1, -0.05) is 48.0 Å². The average Bonchev–Trinajstić information content (AvgIpc) is 3.38. The average molecular weight is 565 g/mol. The number of carbonyl (C=O) groups excluding carboxylic acids is 2. The van der Waals surface area contributed by atoms with Gasteiger partial charge in [-0.25, -0.2) is 9.97 Å². The second kappa shape index (κ2) is 12.6. The van der Waals surface area contributed by atoms with E-state index in [9.17, 15) is 9.59 Å². The molecule has 0 atom stereocenters. The number of nitrogens with zero attached hydrogens (tertiary/aromatic N) is 3. The molecule has 2 aromatic heterocycles. The van der Waals surface area contributed by atoms with Gasteiger partial charge in [0.2, 0.25) is 5.91 Å². The monoisotopic (exact) mass is 564 g/mol. The van der Waals surface area contributed by atoms with Gasteiger partial charge in [-0.05, 0) is 62.1 Å². The summed E-state index contributed by atoms with van der Waals surface area (Å²) in [6, 6.07) is 22.3. The van der Waals surface area contributed by atoms with Crippen LogP contribution in [0, 0.1) is 0 Å². The summed E-state index contributed by atoms with van der Waals surface area (Å²) in [5, 5.41) is 7.24. The number of para-hydroxylation sites is 1. The summed E-state index contributed by atoms with van der Waals surface area (Å²) in [5.41, 5.74) is 5.27. The number of fused-ring (bicyclic) bond motifs is 1. The standard InChI is InChI=1S/C32H29ClN6O2/c1-39(2)16-6-11-30(40)36-23-14-12-22(13-15-23)32(41)37-24-8-5-7-21(17-24)18-29-35-20-27(33)31(38-29)26-19-34-28-10-4-3-9-25(26)28/h3-15,17,19-20,34H,16,18H2,1-2H3,(H,36,40)(H,37,41)/b11-6+. The first-order valence-corrected chi connectivity index (χ1v) is 13.4. The van der Waals surface area contributed by atoms with E-state index in [-0.39, 0.29) is 11.8 Å². The minimum absolute atomic E-state index is 0.223. The molecule has 0 aliphatic heterocycles. The SMILES string of the molecule is CN(C)C/C=C/C(=O)Nc1ccc(C(=O)Nc2cccc(Cc3ncc(Cl)c(-c4c[nH]c5ccccc45)n3)c2)cc1. The summed E-state index contributed by atoms with van der Waals surface area (Å²) in [6.45, 7) is 0.673. The van der Waals surface area contributed by atoms with Crippen LogP contribution in [0.1, 0.15) is 21.7 Å². The highest BCUT2D eigenvalue weighted by Gasteiger charge is 2.14. The van der Waals surface area contributed by atoms with Gasteiger partial charge in [0, 0.05) is 64.8 Å². The Morgan fingerprint density at radius 2 is 1.78 bits per heavy atom. The second-order valence-corrected chi connectivity index (χ2v) is 10.2. The van der Waals surface area contributed by atoms with Gasteiger partial charge in [0.05, 0.1) is 10.7 Å². The number of rotatable bonds is 9. The summed E-state index contributed by atoms with van der Waals surface area (Å²) in [4.78, 5) is 39.4. The molecule has 0 saturated carbocycles. The number of hydrogen-bond acceptors (Lipinski definition) is 5. The molecule has 9 heteroatoms. The van der Waals surface area contributed by atoms with E-state index in [2.05, 4.69) is 20.6 Å². The molecule has 2 amide bonds. The van der Waals surface area contributed by atoms with Crippen LogP contribution in [0.3, 0.4) is 0 Å². The molecule has 2 heterocycles. The zero-order valence-corrected chi connectivity index (χ0v) is 23.4. The first-order valence-electron chi connectivity index (χ1n) is 13.1. The van der Waals surface area contributed by atoms with Gasteiger partial charge in [-0.15, -0.1) is 0 Å². The number of aromatic nitrogens is 3. The number of halogens is 1. The predicted molar refractivity (Wildman–Crippen MR) is 164 cm³/mol. The predicted octanol–water partition coefficient (Wildman–Crippen LogP) is 6.18. The highest BCUT2D eigenvalue weighted by atomic mass is 35.5. The topological polar surface area (TPSA) is 103 Å². The van der Waals surface area contributed by atoms with E-state index in [4.69, 9.17) is 16.6 Å². The van der Waals surface area contributed by atoms with E-state index < -0.39 is 0 Å². The molecule has 41 heavy (non-hydrogen) atoms. The summed E-state index contributed by atoms with van der Waals surface area (Å²) in [5.74, 6) is 0.140. The first-order chi connectivity index (χ1) is 19.9. The van der Waals surface area contributed by atoms with Gasteiger partial charge < -0.3 is 20.5 Å². The van der Waals surface area contributed by atoms with Crippen LogP contribution in [0.4, 0.5) is 11.4 Å². The Labute approximate surface area is 243 Å². The molecule has 0 aliphatic carbocycles. The highest BCUT2D eigenvalue weighted by Crippen LogP contribution is 2.32. The van der Waals surface area contributed by atoms with Crippen molar-refractivity contribution in [1.29, 1.82) is 0 Å². The summed E-state index contributed by atoms with van der Waals surface area (Å²) in [7, 11) is 3.86. The lowest BCUT2D eigenvalue weighted by molar-refractivity contribution is -0.111. The van der Waals surface area contributed by atoms with Gasteiger partial charge in [-0.2, -0.15) is 0 Å². The normalized spacial score (nSPS) is 11.3. The molecule has 0 bridgehead atoms. The van der Waals surface area contributed by atoms with Gasteiger partial charge in [-0.3, -0.25) is 9.59 Å². The molecule has 0 fully saturated rings. The van der Waals surface area contributed by atoms with Crippen LogP contribution in [0.25, 0.3) is 22.2 Å². The summed E-state index contributed by atoms with van der Waals surface area (Å²) >= 11 is 6.49. The van der Waals surface area contributed by atoms with Crippen LogP contribution in [-0.2, 0) is 11.2 Å². The molecule has 5 aromatic rings. The molecule has 0 saturated heterocycles. The maximum Gasteiger partial charge on any atom is 0.255 e. The van der Waals surface area contributed by atoms with Crippen LogP contribution in [0.15, 0.2) is 97.3 Å². The Kier molecular flexibility index (Phi) is 8.53. The van der Waals surface area contributed by atoms with Crippen LogP contribution >= 0.6 is 11.6 Å². The first kappa shape index (κ1) is 27.8. The van der Waals surface area contributed by atoms with E-state index in [1.165, 1.54) is 6.08 Å². The number of amides is 2. The van der Waals surface area contributed by atoms with E-state index in [1.54, 1.807) is 36.5 Å². The smallest absolute Gasteiger partial charge is 0.255 e. The van der Waals surface area contributed by atoms with Crippen LogP contribution in [-0.4, -0.2) is 52.3 Å². The van der Waals surface area contributed by atoms with Gasteiger partial charge in [0.15, 0.2) is 0 Å². The fourth-order valence-corrected chi connectivity index (χ4v) is 4.54. The maximum absolute atomic E-state index is 12.9. The quantitative estimate of drug-likeness (QED) is 0.186. The molecule has 0 radical (unpaired) electrons. The van der Waals surface area contributed by atoms with Crippen molar-refractivity contribution in [2.75, 3.05) is 31.3 Å². The minimum atomic E-state index is -0.254. The third-order valence-corrected chi connectivity index (χ3v) is 6.62. The third-order valence-electron chi connectivity index (χ3n) is 6.34. The minimum Gasteiger partial charge on any atom is -0.360 e. The number of likely N-dealkylation sites (N-methyl/N-ethyl adjacent to an activating group) is 1. The number of H-pyrrole nitrogens is 1. The Hall–Kier alpha value is -4.79. The van der Waals surface area contributed by atoms with Crippen molar-refractivity contribution < 1.29 is 9.59 Å². The van der Waals surface area contributed by atoms with E-state index >= 15 is 0 Å². The number of benzene rings is 3. The summed E-state index contributed by atoms with van der Waals surface area (Å²) < 4.78 is 0. The zero-order chi connectivity index (χ0) is 28.8. The van der Waals surface area contributed by atoms with Crippen molar-refractivity contribution in [2.45, 2.75) is 6.42 Å². The van der Waals surface area contributed by atoms with Crippen molar-refractivity contribution in [3.8, 4) is 11.3 Å². The van der Waals surface area contributed by atoms with Crippen LogP contribution in [0.5, 0.6) is 0 Å². The van der Waals surface area contributed by atoms with Crippen molar-refractivity contribution in [2.24, 2.45) is 0 Å². The van der Waals surface area contributed by atoms with E-state index in [0.717, 1.165) is 22.0 Å².